The van der Waals surface area contributed by atoms with Crippen molar-refractivity contribution in [3.05, 3.63) is 47.5 Å². The van der Waals surface area contributed by atoms with Crippen LogP contribution in [0.15, 0.2) is 42.0 Å². The molecular formula is C17H24O2. The molecule has 2 rings (SSSR count). The molecule has 2 nitrogen and oxygen atoms in total. The van der Waals surface area contributed by atoms with Crippen LogP contribution in [0.5, 0.6) is 0 Å². The molecule has 0 aromatic heterocycles. The first kappa shape index (κ1) is 14.3. The van der Waals surface area contributed by atoms with Gasteiger partial charge in [-0.05, 0) is 37.8 Å². The maximum absolute atomic E-state index is 6.10. The van der Waals surface area contributed by atoms with E-state index in [1.54, 1.807) is 0 Å². The van der Waals surface area contributed by atoms with Crippen LogP contribution < -0.4 is 0 Å². The first-order valence-corrected chi connectivity index (χ1v) is 7.18. The lowest BCUT2D eigenvalue weighted by Gasteiger charge is -2.32. The summed E-state index contributed by atoms with van der Waals surface area (Å²) in [6.07, 6.45) is 4.85. The van der Waals surface area contributed by atoms with Crippen LogP contribution >= 0.6 is 0 Å². The van der Waals surface area contributed by atoms with E-state index in [1.165, 1.54) is 11.1 Å². The van der Waals surface area contributed by atoms with Crippen LogP contribution in [0.4, 0.5) is 0 Å². The van der Waals surface area contributed by atoms with E-state index < -0.39 is 0 Å². The largest absolute Gasteiger partial charge is 0.371 e. The summed E-state index contributed by atoms with van der Waals surface area (Å²) < 4.78 is 12.0. The van der Waals surface area contributed by atoms with Crippen molar-refractivity contribution in [1.29, 1.82) is 0 Å². The zero-order valence-electron chi connectivity index (χ0n) is 12.1. The van der Waals surface area contributed by atoms with E-state index >= 15 is 0 Å². The predicted molar refractivity (Wildman–Crippen MR) is 78.0 cm³/mol. The maximum atomic E-state index is 6.10. The fourth-order valence-corrected chi connectivity index (χ4v) is 2.44. The molecule has 0 unspecified atom stereocenters. The molecule has 3 atom stereocenters. The minimum absolute atomic E-state index is 0.124. The Morgan fingerprint density at radius 3 is 2.74 bits per heavy atom. The standard InChI is InChI=1S/C17H24O2/c1-4-16-13(2)10-11-17(19-16)14(3)18-12-15-8-6-5-7-9-15/h5-10,14,16-17H,4,11-12H2,1-3H3/t14-,16+,17-/m0/s1. The molecule has 104 valence electrons. The second kappa shape index (κ2) is 6.88. The highest BCUT2D eigenvalue weighted by molar-refractivity contribution is 5.13. The third-order valence-corrected chi connectivity index (χ3v) is 3.77. The van der Waals surface area contributed by atoms with Crippen molar-refractivity contribution in [2.24, 2.45) is 0 Å². The second-order valence-corrected chi connectivity index (χ2v) is 5.26. The van der Waals surface area contributed by atoms with Crippen LogP contribution in [0.25, 0.3) is 0 Å². The van der Waals surface area contributed by atoms with E-state index in [2.05, 4.69) is 39.0 Å². The van der Waals surface area contributed by atoms with Crippen molar-refractivity contribution in [3.8, 4) is 0 Å². The monoisotopic (exact) mass is 260 g/mol. The van der Waals surface area contributed by atoms with Gasteiger partial charge >= 0.3 is 0 Å². The van der Waals surface area contributed by atoms with Crippen LogP contribution in [0.3, 0.4) is 0 Å². The lowest BCUT2D eigenvalue weighted by molar-refractivity contribution is -0.0956. The zero-order valence-corrected chi connectivity index (χ0v) is 12.1. The molecule has 0 fully saturated rings. The molecule has 0 bridgehead atoms. The Kier molecular flexibility index (Phi) is 5.17. The van der Waals surface area contributed by atoms with E-state index in [0.717, 1.165) is 12.8 Å². The molecule has 1 aromatic carbocycles. The predicted octanol–water partition coefficient (Wildman–Crippen LogP) is 4.11. The van der Waals surface area contributed by atoms with Gasteiger partial charge in [-0.2, -0.15) is 0 Å². The van der Waals surface area contributed by atoms with E-state index in [1.807, 2.05) is 18.2 Å². The van der Waals surface area contributed by atoms with Crippen molar-refractivity contribution in [1.82, 2.24) is 0 Å². The molecule has 1 aliphatic rings. The molecule has 1 aliphatic heterocycles. The fourth-order valence-electron chi connectivity index (χ4n) is 2.44. The Balaban J connectivity index is 1.85. The number of rotatable bonds is 5. The van der Waals surface area contributed by atoms with Crippen molar-refractivity contribution < 1.29 is 9.47 Å². The summed E-state index contributed by atoms with van der Waals surface area (Å²) in [5.74, 6) is 0. The van der Waals surface area contributed by atoms with Crippen LogP contribution in [-0.4, -0.2) is 18.3 Å². The van der Waals surface area contributed by atoms with Gasteiger partial charge in [-0.1, -0.05) is 43.3 Å². The summed E-state index contributed by atoms with van der Waals surface area (Å²) >= 11 is 0. The SMILES string of the molecule is CC[C@H]1O[C@H]([C@H](C)OCc2ccccc2)CC=C1C. The smallest absolute Gasteiger partial charge is 0.0876 e. The normalized spacial score (nSPS) is 24.9. The van der Waals surface area contributed by atoms with E-state index in [9.17, 15) is 0 Å². The minimum Gasteiger partial charge on any atom is -0.371 e. The fraction of sp³-hybridized carbons (Fsp3) is 0.529. The molecular weight excluding hydrogens is 236 g/mol. The maximum Gasteiger partial charge on any atom is 0.0876 e. The molecule has 0 amide bonds. The lowest BCUT2D eigenvalue weighted by atomic mass is 10.00. The Morgan fingerprint density at radius 2 is 2.05 bits per heavy atom. The third kappa shape index (κ3) is 3.92. The van der Waals surface area contributed by atoms with Gasteiger partial charge in [-0.15, -0.1) is 0 Å². The van der Waals surface area contributed by atoms with Crippen LogP contribution in [0, 0.1) is 0 Å². The highest BCUT2D eigenvalue weighted by Gasteiger charge is 2.25. The number of hydrogen-bond acceptors (Lipinski definition) is 2. The van der Waals surface area contributed by atoms with Gasteiger partial charge in [0.15, 0.2) is 0 Å². The number of hydrogen-bond donors (Lipinski definition) is 0. The first-order valence-electron chi connectivity index (χ1n) is 7.18. The van der Waals surface area contributed by atoms with Gasteiger partial charge in [0, 0.05) is 0 Å². The van der Waals surface area contributed by atoms with Crippen molar-refractivity contribution in [2.75, 3.05) is 0 Å². The molecule has 1 heterocycles. The summed E-state index contributed by atoms with van der Waals surface area (Å²) in [4.78, 5) is 0. The van der Waals surface area contributed by atoms with E-state index in [4.69, 9.17) is 9.47 Å². The van der Waals surface area contributed by atoms with Crippen LogP contribution in [0.1, 0.15) is 39.2 Å². The average Bonchev–Trinajstić information content (AvgIpc) is 2.46. The van der Waals surface area contributed by atoms with E-state index in [-0.39, 0.29) is 18.3 Å². The van der Waals surface area contributed by atoms with Crippen LogP contribution in [0.2, 0.25) is 0 Å². The third-order valence-electron chi connectivity index (χ3n) is 3.77. The zero-order chi connectivity index (χ0) is 13.7. The molecule has 1 aromatic rings. The second-order valence-electron chi connectivity index (χ2n) is 5.26. The van der Waals surface area contributed by atoms with E-state index in [0.29, 0.717) is 6.61 Å². The molecule has 0 N–H and O–H groups in total. The molecule has 0 radical (unpaired) electrons. The van der Waals surface area contributed by atoms with Crippen LogP contribution in [-0.2, 0) is 16.1 Å². The lowest BCUT2D eigenvalue weighted by Crippen LogP contribution is -2.35. The molecule has 2 heteroatoms. The molecule has 19 heavy (non-hydrogen) atoms. The minimum atomic E-state index is 0.124. The van der Waals surface area contributed by atoms with Crippen molar-refractivity contribution in [2.45, 2.75) is 58.5 Å². The van der Waals surface area contributed by atoms with Gasteiger partial charge in [-0.25, -0.2) is 0 Å². The van der Waals surface area contributed by atoms with Gasteiger partial charge in [-0.3, -0.25) is 0 Å². The quantitative estimate of drug-likeness (QED) is 0.742. The summed E-state index contributed by atoms with van der Waals surface area (Å²) in [5.41, 5.74) is 2.57. The average molecular weight is 260 g/mol. The summed E-state index contributed by atoms with van der Waals surface area (Å²) in [5, 5.41) is 0. The Bertz CT molecular complexity index is 411. The molecule has 0 saturated carbocycles. The van der Waals surface area contributed by atoms with Gasteiger partial charge in [0.1, 0.15) is 0 Å². The number of ether oxygens (including phenoxy) is 2. The molecule has 0 aliphatic carbocycles. The van der Waals surface area contributed by atoms with Crippen molar-refractivity contribution >= 4 is 0 Å². The first-order chi connectivity index (χ1) is 9.20. The highest BCUT2D eigenvalue weighted by atomic mass is 16.5. The molecule has 0 spiro atoms. The topological polar surface area (TPSA) is 18.5 Å². The Morgan fingerprint density at radius 1 is 1.32 bits per heavy atom. The highest BCUT2D eigenvalue weighted by Crippen LogP contribution is 2.24. The number of benzene rings is 1. The molecule has 0 saturated heterocycles. The Labute approximate surface area is 116 Å². The summed E-state index contributed by atoms with van der Waals surface area (Å²) in [7, 11) is 0. The van der Waals surface area contributed by atoms with Crippen molar-refractivity contribution in [3.63, 3.8) is 0 Å². The Hall–Kier alpha value is -1.12. The summed E-state index contributed by atoms with van der Waals surface area (Å²) in [6.45, 7) is 7.08. The van der Waals surface area contributed by atoms with Gasteiger partial charge in [0.05, 0.1) is 24.9 Å². The summed E-state index contributed by atoms with van der Waals surface area (Å²) in [6, 6.07) is 10.3. The van der Waals surface area contributed by atoms with Gasteiger partial charge in [0.2, 0.25) is 0 Å². The van der Waals surface area contributed by atoms with Gasteiger partial charge < -0.3 is 9.47 Å². The van der Waals surface area contributed by atoms with Gasteiger partial charge in [0.25, 0.3) is 0 Å².